The number of primary amides is 1. The molecule has 5 nitrogen and oxygen atoms in total. The van der Waals surface area contributed by atoms with Gasteiger partial charge in [0.05, 0.1) is 17.8 Å². The minimum atomic E-state index is -0.572. The van der Waals surface area contributed by atoms with Crippen LogP contribution in [0.15, 0.2) is 24.3 Å². The monoisotopic (exact) mass is 205 g/mol. The van der Waals surface area contributed by atoms with Gasteiger partial charge in [-0.2, -0.15) is 0 Å². The Bertz CT molecular complexity index is 417. The highest BCUT2D eigenvalue weighted by molar-refractivity contribution is 6.04. The van der Waals surface area contributed by atoms with Gasteiger partial charge in [-0.1, -0.05) is 12.1 Å². The zero-order chi connectivity index (χ0) is 10.8. The molecule has 15 heavy (non-hydrogen) atoms. The number of rotatable bonds is 2. The van der Waals surface area contributed by atoms with Crippen LogP contribution < -0.4 is 16.4 Å². The smallest absolute Gasteiger partial charge is 0.247 e. The van der Waals surface area contributed by atoms with E-state index >= 15 is 0 Å². The Morgan fingerprint density at radius 2 is 2.00 bits per heavy atom. The van der Waals surface area contributed by atoms with Gasteiger partial charge >= 0.3 is 0 Å². The number of benzene rings is 1. The molecule has 4 N–H and O–H groups in total. The maximum atomic E-state index is 11.5. The van der Waals surface area contributed by atoms with Gasteiger partial charge in [0.1, 0.15) is 6.04 Å². The predicted octanol–water partition coefficient (Wildman–Crippen LogP) is 0.295. The van der Waals surface area contributed by atoms with Gasteiger partial charge in [-0.15, -0.1) is 0 Å². The van der Waals surface area contributed by atoms with Gasteiger partial charge in [-0.25, -0.2) is 0 Å². The van der Waals surface area contributed by atoms with Gasteiger partial charge in [0, 0.05) is 0 Å². The number of anilines is 2. The molecule has 1 aliphatic rings. The van der Waals surface area contributed by atoms with Gasteiger partial charge in [0.2, 0.25) is 11.8 Å². The number of hydrogen-bond donors (Lipinski definition) is 3. The number of carbonyl (C=O) groups excluding carboxylic acids is 2. The fourth-order valence-corrected chi connectivity index (χ4v) is 1.54. The summed E-state index contributed by atoms with van der Waals surface area (Å²) in [6.07, 6.45) is 0.000166. The van der Waals surface area contributed by atoms with E-state index in [1.807, 2.05) is 18.2 Å². The second-order valence-electron chi connectivity index (χ2n) is 3.40. The van der Waals surface area contributed by atoms with Crippen LogP contribution in [0.5, 0.6) is 0 Å². The Morgan fingerprint density at radius 3 is 2.67 bits per heavy atom. The lowest BCUT2D eigenvalue weighted by atomic mass is 10.1. The molecule has 0 saturated heterocycles. The van der Waals surface area contributed by atoms with Crippen molar-refractivity contribution in [1.29, 1.82) is 0 Å². The first-order valence-corrected chi connectivity index (χ1v) is 4.61. The van der Waals surface area contributed by atoms with Crippen molar-refractivity contribution in [1.82, 2.24) is 0 Å². The van der Waals surface area contributed by atoms with Crippen LogP contribution in [0.3, 0.4) is 0 Å². The van der Waals surface area contributed by atoms with E-state index in [1.54, 1.807) is 6.07 Å². The predicted molar refractivity (Wildman–Crippen MR) is 56.3 cm³/mol. The molecule has 2 amide bonds. The third kappa shape index (κ3) is 1.90. The molecule has 1 aliphatic heterocycles. The third-order valence-corrected chi connectivity index (χ3v) is 2.24. The molecule has 0 saturated carbocycles. The summed E-state index contributed by atoms with van der Waals surface area (Å²) < 4.78 is 0. The third-order valence-electron chi connectivity index (χ3n) is 2.24. The van der Waals surface area contributed by atoms with Gasteiger partial charge in [-0.05, 0) is 12.1 Å². The topological polar surface area (TPSA) is 84.2 Å². The minimum absolute atomic E-state index is 0.000166. The SMILES string of the molecule is NC(=O)C[C@@H]1Nc2ccccc2NC1=O. The minimum Gasteiger partial charge on any atom is -0.372 e. The van der Waals surface area contributed by atoms with Gasteiger partial charge < -0.3 is 16.4 Å². The Hall–Kier alpha value is -2.04. The Labute approximate surface area is 86.6 Å². The summed E-state index contributed by atoms with van der Waals surface area (Å²) in [5.41, 5.74) is 6.58. The molecule has 0 spiro atoms. The van der Waals surface area contributed by atoms with E-state index in [9.17, 15) is 9.59 Å². The van der Waals surface area contributed by atoms with E-state index in [-0.39, 0.29) is 12.3 Å². The Kier molecular flexibility index (Phi) is 2.29. The highest BCUT2D eigenvalue weighted by atomic mass is 16.2. The Balaban J connectivity index is 2.22. The molecule has 1 heterocycles. The van der Waals surface area contributed by atoms with Crippen LogP contribution in [0.2, 0.25) is 0 Å². The van der Waals surface area contributed by atoms with Crippen molar-refractivity contribution in [2.45, 2.75) is 12.5 Å². The first-order valence-electron chi connectivity index (χ1n) is 4.61. The van der Waals surface area contributed by atoms with Crippen LogP contribution in [-0.4, -0.2) is 17.9 Å². The van der Waals surface area contributed by atoms with Crippen molar-refractivity contribution in [3.63, 3.8) is 0 Å². The molecule has 0 bridgehead atoms. The number of amides is 2. The number of nitrogens with two attached hydrogens (primary N) is 1. The first-order chi connectivity index (χ1) is 7.16. The molecule has 1 aromatic carbocycles. The molecule has 5 heteroatoms. The summed E-state index contributed by atoms with van der Waals surface area (Å²) in [5.74, 6) is -0.727. The zero-order valence-electron chi connectivity index (χ0n) is 7.99. The van der Waals surface area contributed by atoms with Crippen molar-refractivity contribution in [2.24, 2.45) is 5.73 Å². The summed E-state index contributed by atoms with van der Waals surface area (Å²) in [4.78, 5) is 22.2. The van der Waals surface area contributed by atoms with Crippen molar-refractivity contribution in [3.8, 4) is 0 Å². The number of para-hydroxylation sites is 2. The lowest BCUT2D eigenvalue weighted by Gasteiger charge is -2.25. The molecule has 0 fully saturated rings. The largest absolute Gasteiger partial charge is 0.372 e. The maximum absolute atomic E-state index is 11.5. The summed E-state index contributed by atoms with van der Waals surface area (Å²) >= 11 is 0. The molecule has 1 aromatic rings. The summed E-state index contributed by atoms with van der Waals surface area (Å²) in [6, 6.07) is 6.74. The fraction of sp³-hybridized carbons (Fsp3) is 0.200. The summed E-state index contributed by atoms with van der Waals surface area (Å²) in [5, 5.41) is 5.67. The number of fused-ring (bicyclic) bond motifs is 1. The Morgan fingerprint density at radius 1 is 1.33 bits per heavy atom. The lowest BCUT2D eigenvalue weighted by Crippen LogP contribution is -2.41. The van der Waals surface area contributed by atoms with E-state index in [0.717, 1.165) is 11.4 Å². The van der Waals surface area contributed by atoms with Gasteiger partial charge in [0.15, 0.2) is 0 Å². The number of carbonyl (C=O) groups is 2. The number of nitrogens with one attached hydrogen (secondary N) is 2. The van der Waals surface area contributed by atoms with Gasteiger partial charge in [-0.3, -0.25) is 9.59 Å². The highest BCUT2D eigenvalue weighted by Crippen LogP contribution is 2.26. The molecule has 78 valence electrons. The standard InChI is InChI=1S/C10H11N3O2/c11-9(14)5-8-10(15)13-7-4-2-1-3-6(7)12-8/h1-4,8,12H,5H2,(H2,11,14)(H,13,15)/t8-/m0/s1. The summed E-state index contributed by atoms with van der Waals surface area (Å²) in [6.45, 7) is 0. The zero-order valence-corrected chi connectivity index (χ0v) is 7.99. The quantitative estimate of drug-likeness (QED) is 0.649. The first kappa shape index (κ1) is 9.51. The molecular weight excluding hydrogens is 194 g/mol. The molecule has 1 atom stereocenters. The molecule has 0 radical (unpaired) electrons. The van der Waals surface area contributed by atoms with E-state index in [4.69, 9.17) is 5.73 Å². The van der Waals surface area contributed by atoms with Crippen LogP contribution in [-0.2, 0) is 9.59 Å². The lowest BCUT2D eigenvalue weighted by molar-refractivity contribution is -0.123. The van der Waals surface area contributed by atoms with Crippen LogP contribution >= 0.6 is 0 Å². The fourth-order valence-electron chi connectivity index (χ4n) is 1.54. The molecule has 0 aliphatic carbocycles. The van der Waals surface area contributed by atoms with E-state index in [0.29, 0.717) is 0 Å². The van der Waals surface area contributed by atoms with E-state index in [2.05, 4.69) is 10.6 Å². The van der Waals surface area contributed by atoms with Crippen LogP contribution in [0.4, 0.5) is 11.4 Å². The second-order valence-corrected chi connectivity index (χ2v) is 3.40. The molecule has 2 rings (SSSR count). The van der Waals surface area contributed by atoms with Crippen molar-refractivity contribution in [2.75, 3.05) is 10.6 Å². The van der Waals surface area contributed by atoms with Gasteiger partial charge in [0.25, 0.3) is 0 Å². The van der Waals surface area contributed by atoms with Crippen molar-refractivity contribution < 1.29 is 9.59 Å². The maximum Gasteiger partial charge on any atom is 0.247 e. The van der Waals surface area contributed by atoms with Crippen molar-refractivity contribution in [3.05, 3.63) is 24.3 Å². The highest BCUT2D eigenvalue weighted by Gasteiger charge is 2.26. The van der Waals surface area contributed by atoms with Crippen LogP contribution in [0, 0.1) is 0 Å². The second kappa shape index (κ2) is 3.61. The summed E-state index contributed by atoms with van der Waals surface area (Å²) in [7, 11) is 0. The van der Waals surface area contributed by atoms with Crippen LogP contribution in [0.1, 0.15) is 6.42 Å². The van der Waals surface area contributed by atoms with E-state index < -0.39 is 11.9 Å². The average molecular weight is 205 g/mol. The molecular formula is C10H11N3O2. The van der Waals surface area contributed by atoms with Crippen molar-refractivity contribution >= 4 is 23.2 Å². The molecule has 0 unspecified atom stereocenters. The van der Waals surface area contributed by atoms with E-state index in [1.165, 1.54) is 0 Å². The normalized spacial score (nSPS) is 18.7. The molecule has 0 aromatic heterocycles. The van der Waals surface area contributed by atoms with Crippen LogP contribution in [0.25, 0.3) is 0 Å². The number of hydrogen-bond acceptors (Lipinski definition) is 3. The average Bonchev–Trinajstić information content (AvgIpc) is 2.18.